The van der Waals surface area contributed by atoms with E-state index in [9.17, 15) is 0 Å². The summed E-state index contributed by atoms with van der Waals surface area (Å²) in [5.41, 5.74) is 1.46. The maximum absolute atomic E-state index is 3.27. The van der Waals surface area contributed by atoms with E-state index in [1.54, 1.807) is 0 Å². The lowest BCUT2D eigenvalue weighted by Gasteiger charge is -2.29. The van der Waals surface area contributed by atoms with Crippen LogP contribution < -0.4 is 5.32 Å². The molecule has 1 aromatic carbocycles. The first kappa shape index (κ1) is 17.7. The molecule has 1 aromatic rings. The van der Waals surface area contributed by atoms with E-state index in [0.717, 1.165) is 31.0 Å². The Kier molecular flexibility index (Phi) is 6.69. The van der Waals surface area contributed by atoms with Gasteiger partial charge in [0.25, 0.3) is 0 Å². The minimum absolute atomic E-state index is 0. The quantitative estimate of drug-likeness (QED) is 0.867. The molecular weight excluding hydrogens is 294 g/mol. The van der Waals surface area contributed by atoms with Gasteiger partial charge in [-0.05, 0) is 44.3 Å². The van der Waals surface area contributed by atoms with Gasteiger partial charge in [0, 0.05) is 38.8 Å². The number of likely N-dealkylation sites (N-methyl/N-ethyl adjacent to an activating group) is 2. The molecule has 2 aliphatic rings. The van der Waals surface area contributed by atoms with Gasteiger partial charge in [-0.3, -0.25) is 4.90 Å². The van der Waals surface area contributed by atoms with Crippen molar-refractivity contribution in [2.45, 2.75) is 25.4 Å². The van der Waals surface area contributed by atoms with Crippen molar-refractivity contribution >= 4 is 12.4 Å². The van der Waals surface area contributed by atoms with Crippen molar-refractivity contribution in [3.63, 3.8) is 0 Å². The van der Waals surface area contributed by atoms with Crippen LogP contribution in [0.15, 0.2) is 30.3 Å². The average molecular weight is 324 g/mol. The normalized spacial score (nSPS) is 27.9. The molecule has 0 amide bonds. The molecule has 0 spiro atoms. The van der Waals surface area contributed by atoms with Gasteiger partial charge in [0.05, 0.1) is 0 Å². The molecule has 3 unspecified atom stereocenters. The van der Waals surface area contributed by atoms with Gasteiger partial charge in [-0.25, -0.2) is 0 Å². The smallest absolute Gasteiger partial charge is 0.0233 e. The van der Waals surface area contributed by atoms with Gasteiger partial charge in [0.2, 0.25) is 0 Å². The number of hydrogen-bond donors (Lipinski definition) is 1. The highest BCUT2D eigenvalue weighted by Gasteiger charge is 2.43. The summed E-state index contributed by atoms with van der Waals surface area (Å²) in [7, 11) is 4.35. The van der Waals surface area contributed by atoms with Gasteiger partial charge in [0.1, 0.15) is 0 Å². The average Bonchev–Trinajstić information content (AvgIpc) is 3.05. The summed E-state index contributed by atoms with van der Waals surface area (Å²) in [6.45, 7) is 5.98. The van der Waals surface area contributed by atoms with Crippen molar-refractivity contribution in [2.24, 2.45) is 11.8 Å². The number of nitrogens with one attached hydrogen (secondary N) is 1. The first-order valence-corrected chi connectivity index (χ1v) is 8.39. The third kappa shape index (κ3) is 4.02. The standard InChI is InChI=1S/C18H29N3.ClH/c1-19-10-11-20(2)18-9-8-16-13-21(14-17(16)18)12-15-6-4-3-5-7-15;/h3-7,16-19H,8-14H2,1-2H3;1H. The molecule has 1 N–H and O–H groups in total. The van der Waals surface area contributed by atoms with Crippen LogP contribution in [0.2, 0.25) is 0 Å². The molecular formula is C18H30ClN3. The van der Waals surface area contributed by atoms with Gasteiger partial charge >= 0.3 is 0 Å². The molecule has 1 aliphatic heterocycles. The topological polar surface area (TPSA) is 18.5 Å². The Bertz CT molecular complexity index is 439. The summed E-state index contributed by atoms with van der Waals surface area (Å²) in [6.07, 6.45) is 2.82. The molecule has 1 saturated heterocycles. The van der Waals surface area contributed by atoms with Crippen LogP contribution in [0.5, 0.6) is 0 Å². The zero-order chi connectivity index (χ0) is 14.7. The highest BCUT2D eigenvalue weighted by molar-refractivity contribution is 5.85. The number of rotatable bonds is 6. The third-order valence-corrected chi connectivity index (χ3v) is 5.42. The molecule has 124 valence electrons. The van der Waals surface area contributed by atoms with Crippen LogP contribution in [-0.4, -0.2) is 56.1 Å². The van der Waals surface area contributed by atoms with Crippen LogP contribution in [0.3, 0.4) is 0 Å². The van der Waals surface area contributed by atoms with Crippen molar-refractivity contribution in [3.8, 4) is 0 Å². The fourth-order valence-corrected chi connectivity index (χ4v) is 4.30. The summed E-state index contributed by atoms with van der Waals surface area (Å²) in [4.78, 5) is 5.26. The molecule has 22 heavy (non-hydrogen) atoms. The number of likely N-dealkylation sites (tertiary alicyclic amines) is 1. The maximum atomic E-state index is 3.27. The van der Waals surface area contributed by atoms with E-state index >= 15 is 0 Å². The lowest BCUT2D eigenvalue weighted by atomic mass is 9.97. The van der Waals surface area contributed by atoms with Gasteiger partial charge in [0.15, 0.2) is 0 Å². The minimum Gasteiger partial charge on any atom is -0.318 e. The van der Waals surface area contributed by atoms with Crippen LogP contribution in [0.25, 0.3) is 0 Å². The fourth-order valence-electron chi connectivity index (χ4n) is 4.30. The molecule has 3 rings (SSSR count). The molecule has 4 heteroatoms. The lowest BCUT2D eigenvalue weighted by Crippen LogP contribution is -2.40. The summed E-state index contributed by atoms with van der Waals surface area (Å²) >= 11 is 0. The Morgan fingerprint density at radius 2 is 1.95 bits per heavy atom. The Hall–Kier alpha value is -0.610. The van der Waals surface area contributed by atoms with E-state index in [1.807, 2.05) is 7.05 Å². The van der Waals surface area contributed by atoms with Gasteiger partial charge < -0.3 is 10.2 Å². The van der Waals surface area contributed by atoms with Gasteiger partial charge in [-0.1, -0.05) is 30.3 Å². The number of halogens is 1. The predicted molar refractivity (Wildman–Crippen MR) is 95.5 cm³/mol. The van der Waals surface area contributed by atoms with E-state index in [0.29, 0.717) is 0 Å². The number of benzene rings is 1. The zero-order valence-corrected chi connectivity index (χ0v) is 14.7. The zero-order valence-electron chi connectivity index (χ0n) is 13.9. The van der Waals surface area contributed by atoms with Crippen LogP contribution in [0.4, 0.5) is 0 Å². The Morgan fingerprint density at radius 3 is 2.68 bits per heavy atom. The summed E-state index contributed by atoms with van der Waals surface area (Å²) in [5.74, 6) is 1.81. The van der Waals surface area contributed by atoms with Crippen LogP contribution in [-0.2, 0) is 6.54 Å². The molecule has 2 fully saturated rings. The predicted octanol–water partition coefficient (Wildman–Crippen LogP) is 2.47. The lowest BCUT2D eigenvalue weighted by molar-refractivity contribution is 0.184. The summed E-state index contributed by atoms with van der Waals surface area (Å²) in [5, 5.41) is 3.27. The molecule has 1 heterocycles. The Balaban J connectivity index is 0.00000176. The highest BCUT2D eigenvalue weighted by atomic mass is 35.5. The second-order valence-corrected chi connectivity index (χ2v) is 6.83. The van der Waals surface area contributed by atoms with Crippen molar-refractivity contribution < 1.29 is 0 Å². The van der Waals surface area contributed by atoms with Crippen LogP contribution >= 0.6 is 12.4 Å². The van der Waals surface area contributed by atoms with Crippen LogP contribution in [0, 0.1) is 11.8 Å². The molecule has 1 saturated carbocycles. The molecule has 1 aliphatic carbocycles. The van der Waals surface area contributed by atoms with Crippen molar-refractivity contribution in [1.82, 2.24) is 15.1 Å². The molecule has 3 nitrogen and oxygen atoms in total. The Labute approximate surface area is 141 Å². The van der Waals surface area contributed by atoms with E-state index in [4.69, 9.17) is 0 Å². The van der Waals surface area contributed by atoms with E-state index in [-0.39, 0.29) is 12.4 Å². The Morgan fingerprint density at radius 1 is 1.18 bits per heavy atom. The first-order chi connectivity index (χ1) is 10.3. The third-order valence-electron chi connectivity index (χ3n) is 5.42. The molecule has 0 radical (unpaired) electrons. The summed E-state index contributed by atoms with van der Waals surface area (Å²) in [6, 6.07) is 11.7. The van der Waals surface area contributed by atoms with Gasteiger partial charge in [-0.15, -0.1) is 12.4 Å². The van der Waals surface area contributed by atoms with Crippen molar-refractivity contribution in [2.75, 3.05) is 40.3 Å². The van der Waals surface area contributed by atoms with Crippen LogP contribution in [0.1, 0.15) is 18.4 Å². The SMILES string of the molecule is CNCCN(C)C1CCC2CN(Cc3ccccc3)CC21.Cl. The number of hydrogen-bond acceptors (Lipinski definition) is 3. The first-order valence-electron chi connectivity index (χ1n) is 8.39. The minimum atomic E-state index is 0. The molecule has 3 atom stereocenters. The second kappa shape index (κ2) is 8.30. The van der Waals surface area contributed by atoms with Gasteiger partial charge in [-0.2, -0.15) is 0 Å². The van der Waals surface area contributed by atoms with Crippen molar-refractivity contribution in [3.05, 3.63) is 35.9 Å². The van der Waals surface area contributed by atoms with Crippen molar-refractivity contribution in [1.29, 1.82) is 0 Å². The fraction of sp³-hybridized carbons (Fsp3) is 0.667. The second-order valence-electron chi connectivity index (χ2n) is 6.83. The molecule has 0 aromatic heterocycles. The largest absolute Gasteiger partial charge is 0.318 e. The summed E-state index contributed by atoms with van der Waals surface area (Å²) < 4.78 is 0. The monoisotopic (exact) mass is 323 g/mol. The van der Waals surface area contributed by atoms with E-state index < -0.39 is 0 Å². The maximum Gasteiger partial charge on any atom is 0.0233 e. The molecule has 0 bridgehead atoms. The van der Waals surface area contributed by atoms with E-state index in [2.05, 4.69) is 52.5 Å². The highest BCUT2D eigenvalue weighted by Crippen LogP contribution is 2.40. The van der Waals surface area contributed by atoms with E-state index in [1.165, 1.54) is 38.0 Å². The number of fused-ring (bicyclic) bond motifs is 1. The number of nitrogens with zero attached hydrogens (tertiary/aromatic N) is 2.